The Bertz CT molecular complexity index is 1110. The molecule has 2 aliphatic heterocycles. The van der Waals surface area contributed by atoms with Gasteiger partial charge in [0.25, 0.3) is 5.88 Å². The molecule has 2 aromatic carbocycles. The minimum atomic E-state index is -0.420. The first-order chi connectivity index (χ1) is 14.7. The van der Waals surface area contributed by atoms with E-state index in [0.29, 0.717) is 31.0 Å². The van der Waals surface area contributed by atoms with Crippen molar-refractivity contribution in [2.24, 2.45) is 0 Å². The molecule has 148 valence electrons. The average Bonchev–Trinajstić information content (AvgIpc) is 3.26. The van der Waals surface area contributed by atoms with Crippen molar-refractivity contribution < 1.29 is 14.3 Å². The van der Waals surface area contributed by atoms with Crippen molar-refractivity contribution in [1.82, 2.24) is 14.9 Å². The molecule has 5 rings (SSSR count). The lowest BCUT2D eigenvalue weighted by molar-refractivity contribution is -0.131. The lowest BCUT2D eigenvalue weighted by Gasteiger charge is -2.30. The number of hydrogen-bond acceptors (Lipinski definition) is 6. The van der Waals surface area contributed by atoms with Crippen LogP contribution >= 0.6 is 0 Å². The molecule has 0 N–H and O–H groups in total. The van der Waals surface area contributed by atoms with Crippen molar-refractivity contribution >= 4 is 5.91 Å². The molecule has 1 atom stereocenters. The summed E-state index contributed by atoms with van der Waals surface area (Å²) in [7, 11) is 0. The van der Waals surface area contributed by atoms with Crippen LogP contribution in [0.1, 0.15) is 29.2 Å². The van der Waals surface area contributed by atoms with E-state index in [1.807, 2.05) is 59.5 Å². The molecule has 0 aliphatic carbocycles. The van der Waals surface area contributed by atoms with Crippen LogP contribution in [-0.2, 0) is 4.79 Å². The Morgan fingerprint density at radius 1 is 1.07 bits per heavy atom. The second kappa shape index (κ2) is 7.48. The van der Waals surface area contributed by atoms with Gasteiger partial charge in [-0.15, -0.1) is 0 Å². The molecule has 1 unspecified atom stereocenters. The van der Waals surface area contributed by atoms with Gasteiger partial charge in [0.15, 0.2) is 0 Å². The Balaban J connectivity index is 1.39. The maximum atomic E-state index is 13.6. The van der Waals surface area contributed by atoms with Crippen LogP contribution in [0.4, 0.5) is 0 Å². The minimum absolute atomic E-state index is 0.0175. The van der Waals surface area contributed by atoms with Gasteiger partial charge < -0.3 is 14.4 Å². The lowest BCUT2D eigenvalue weighted by Crippen LogP contribution is -2.36. The standard InChI is InChI=1S/C23H18N4O3/c24-13-18-22(26-11-10-25-18)29-15-9-12-27(14-15)23(28)21-16-5-1-3-7-19(16)30-20-8-4-2-6-17(20)21/h1-8,10-11,15,21H,9,12,14H2. The van der Waals surface area contributed by atoms with Crippen LogP contribution in [0, 0.1) is 11.3 Å². The normalized spacial score (nSPS) is 17.4. The maximum absolute atomic E-state index is 13.6. The van der Waals surface area contributed by atoms with Gasteiger partial charge in [-0.05, 0) is 12.1 Å². The zero-order valence-corrected chi connectivity index (χ0v) is 16.1. The summed E-state index contributed by atoms with van der Waals surface area (Å²) in [6.45, 7) is 1.01. The van der Waals surface area contributed by atoms with Crippen LogP contribution in [0.3, 0.4) is 0 Å². The van der Waals surface area contributed by atoms with Crippen LogP contribution in [-0.4, -0.2) is 40.0 Å². The minimum Gasteiger partial charge on any atom is -0.470 e. The Morgan fingerprint density at radius 2 is 1.73 bits per heavy atom. The summed E-state index contributed by atoms with van der Waals surface area (Å²) in [4.78, 5) is 23.5. The van der Waals surface area contributed by atoms with Crippen molar-refractivity contribution in [2.75, 3.05) is 13.1 Å². The van der Waals surface area contributed by atoms with E-state index in [0.717, 1.165) is 11.1 Å². The van der Waals surface area contributed by atoms with E-state index in [-0.39, 0.29) is 23.6 Å². The number of rotatable bonds is 3. The van der Waals surface area contributed by atoms with Crippen LogP contribution in [0.5, 0.6) is 17.4 Å². The first kappa shape index (κ1) is 18.1. The number of para-hydroxylation sites is 2. The maximum Gasteiger partial charge on any atom is 0.251 e. The Kier molecular flexibility index (Phi) is 4.52. The van der Waals surface area contributed by atoms with Crippen LogP contribution < -0.4 is 9.47 Å². The van der Waals surface area contributed by atoms with E-state index >= 15 is 0 Å². The van der Waals surface area contributed by atoms with Crippen LogP contribution in [0.2, 0.25) is 0 Å². The number of nitrogens with zero attached hydrogens (tertiary/aromatic N) is 4. The smallest absolute Gasteiger partial charge is 0.251 e. The van der Waals surface area contributed by atoms with Gasteiger partial charge in [0.2, 0.25) is 11.6 Å². The summed E-state index contributed by atoms with van der Waals surface area (Å²) in [5.74, 6) is 1.22. The molecule has 7 heteroatoms. The summed E-state index contributed by atoms with van der Waals surface area (Å²) in [5, 5.41) is 9.18. The highest BCUT2D eigenvalue weighted by Gasteiger charge is 2.38. The number of nitriles is 1. The molecular weight excluding hydrogens is 380 g/mol. The summed E-state index contributed by atoms with van der Waals surface area (Å²) in [5.41, 5.74) is 1.88. The first-order valence-electron chi connectivity index (χ1n) is 9.77. The van der Waals surface area contributed by atoms with Crippen molar-refractivity contribution in [3.63, 3.8) is 0 Å². The van der Waals surface area contributed by atoms with E-state index in [2.05, 4.69) is 9.97 Å². The zero-order valence-electron chi connectivity index (χ0n) is 16.1. The van der Waals surface area contributed by atoms with E-state index in [4.69, 9.17) is 9.47 Å². The fraction of sp³-hybridized carbons (Fsp3) is 0.217. The van der Waals surface area contributed by atoms with Gasteiger partial charge in [-0.2, -0.15) is 5.26 Å². The van der Waals surface area contributed by atoms with Gasteiger partial charge in [-0.3, -0.25) is 4.79 Å². The third-order valence-corrected chi connectivity index (χ3v) is 5.43. The van der Waals surface area contributed by atoms with E-state index in [1.165, 1.54) is 12.4 Å². The quantitative estimate of drug-likeness (QED) is 0.673. The number of benzene rings is 2. The number of carbonyl (C=O) groups is 1. The van der Waals surface area contributed by atoms with Gasteiger partial charge >= 0.3 is 0 Å². The number of carbonyl (C=O) groups excluding carboxylic acids is 1. The molecule has 1 aromatic heterocycles. The molecule has 1 fully saturated rings. The molecule has 3 heterocycles. The second-order valence-corrected chi connectivity index (χ2v) is 7.25. The number of hydrogen-bond donors (Lipinski definition) is 0. The number of likely N-dealkylation sites (tertiary alicyclic amines) is 1. The van der Waals surface area contributed by atoms with Crippen LogP contribution in [0.25, 0.3) is 0 Å². The van der Waals surface area contributed by atoms with E-state index < -0.39 is 5.92 Å². The predicted molar refractivity (Wildman–Crippen MR) is 107 cm³/mol. The highest BCUT2D eigenvalue weighted by Crippen LogP contribution is 2.45. The van der Waals surface area contributed by atoms with Gasteiger partial charge in [-0.1, -0.05) is 36.4 Å². The van der Waals surface area contributed by atoms with E-state index in [9.17, 15) is 10.1 Å². The molecule has 7 nitrogen and oxygen atoms in total. The Morgan fingerprint density at radius 3 is 2.43 bits per heavy atom. The first-order valence-corrected chi connectivity index (χ1v) is 9.77. The summed E-state index contributed by atoms with van der Waals surface area (Å²) < 4.78 is 11.9. The monoisotopic (exact) mass is 398 g/mol. The molecule has 0 saturated carbocycles. The van der Waals surface area contributed by atoms with Gasteiger partial charge in [0, 0.05) is 36.5 Å². The number of fused-ring (bicyclic) bond motifs is 2. The molecule has 0 bridgehead atoms. The van der Waals surface area contributed by atoms with Crippen molar-refractivity contribution in [2.45, 2.75) is 18.4 Å². The molecule has 2 aliphatic rings. The van der Waals surface area contributed by atoms with Gasteiger partial charge in [-0.25, -0.2) is 9.97 Å². The molecule has 0 radical (unpaired) electrons. The topological polar surface area (TPSA) is 88.3 Å². The third kappa shape index (κ3) is 3.12. The SMILES string of the molecule is N#Cc1nccnc1OC1CCN(C(=O)C2c3ccccc3Oc3ccccc32)C1. The molecule has 1 saturated heterocycles. The summed E-state index contributed by atoms with van der Waals surface area (Å²) >= 11 is 0. The Labute approximate surface area is 173 Å². The molecule has 30 heavy (non-hydrogen) atoms. The lowest BCUT2D eigenvalue weighted by atomic mass is 9.87. The highest BCUT2D eigenvalue weighted by molar-refractivity contribution is 5.90. The van der Waals surface area contributed by atoms with Gasteiger partial charge in [0.05, 0.1) is 12.5 Å². The molecular formula is C23H18N4O3. The highest BCUT2D eigenvalue weighted by atomic mass is 16.5. The molecule has 0 spiro atoms. The van der Waals surface area contributed by atoms with Crippen molar-refractivity contribution in [3.8, 4) is 23.4 Å². The fourth-order valence-electron chi connectivity index (χ4n) is 4.03. The number of aromatic nitrogens is 2. The van der Waals surface area contributed by atoms with Crippen molar-refractivity contribution in [3.05, 3.63) is 77.7 Å². The Hall–Kier alpha value is -3.92. The molecule has 3 aromatic rings. The largest absolute Gasteiger partial charge is 0.470 e. The average molecular weight is 398 g/mol. The third-order valence-electron chi connectivity index (χ3n) is 5.43. The zero-order chi connectivity index (χ0) is 20.5. The van der Waals surface area contributed by atoms with Crippen molar-refractivity contribution in [1.29, 1.82) is 5.26 Å². The molecule has 1 amide bonds. The van der Waals surface area contributed by atoms with Crippen LogP contribution in [0.15, 0.2) is 60.9 Å². The summed E-state index contributed by atoms with van der Waals surface area (Å²) in [6.07, 6.45) is 3.38. The van der Waals surface area contributed by atoms with E-state index in [1.54, 1.807) is 0 Å². The van der Waals surface area contributed by atoms with Gasteiger partial charge in [0.1, 0.15) is 23.7 Å². The predicted octanol–water partition coefficient (Wildman–Crippen LogP) is 3.27. The second-order valence-electron chi connectivity index (χ2n) is 7.25. The fourth-order valence-corrected chi connectivity index (χ4v) is 4.03. The number of amides is 1. The number of ether oxygens (including phenoxy) is 2. The summed E-state index contributed by atoms with van der Waals surface area (Å²) in [6, 6.07) is 17.3.